The molecular weight excluding hydrogens is 411 g/mol. The number of fused-ring (bicyclic) bond motifs is 1. The van der Waals surface area contributed by atoms with Crippen molar-refractivity contribution in [2.75, 3.05) is 0 Å². The summed E-state index contributed by atoms with van der Waals surface area (Å²) in [6.45, 7) is 0. The quantitative estimate of drug-likeness (QED) is 0.260. The zero-order valence-electron chi connectivity index (χ0n) is 17.4. The van der Waals surface area contributed by atoms with Gasteiger partial charge in [-0.15, -0.1) is 0 Å². The molecule has 0 aromatic heterocycles. The Morgan fingerprint density at radius 2 is 1.03 bits per heavy atom. The average molecular weight is 432 g/mol. The summed E-state index contributed by atoms with van der Waals surface area (Å²) in [7, 11) is -2.49. The highest BCUT2D eigenvalue weighted by Gasteiger charge is 2.29. The van der Waals surface area contributed by atoms with E-state index in [1.165, 1.54) is 0 Å². The van der Waals surface area contributed by atoms with Crippen LogP contribution in [-0.2, 0) is 0 Å². The van der Waals surface area contributed by atoms with E-state index < -0.39 is 7.05 Å². The maximum atomic E-state index is 12.2. The van der Waals surface area contributed by atoms with Crippen molar-refractivity contribution in [3.05, 3.63) is 127 Å². The summed E-state index contributed by atoms with van der Waals surface area (Å²) in [6, 6.07) is 40.7. The molecule has 2 aliphatic rings. The molecular formula is C28H21N2OP. The molecule has 0 saturated carbocycles. The normalized spacial score (nSPS) is 11.2. The predicted molar refractivity (Wildman–Crippen MR) is 133 cm³/mol. The SMILES string of the molecule is O=Cc1c2cccccc-2nc1N=P(c1ccccc1)(c1ccccc1)c1ccccc1. The van der Waals surface area contributed by atoms with Gasteiger partial charge in [-0.2, -0.15) is 0 Å². The fraction of sp³-hybridized carbons (Fsp3) is 0. The van der Waals surface area contributed by atoms with E-state index in [0.717, 1.165) is 33.5 Å². The number of hydrogen-bond acceptors (Lipinski definition) is 3. The summed E-state index contributed by atoms with van der Waals surface area (Å²) in [4.78, 5) is 17.0. The fourth-order valence-corrected chi connectivity index (χ4v) is 7.53. The number of aldehydes is 1. The summed E-state index contributed by atoms with van der Waals surface area (Å²) in [5.74, 6) is 0.492. The Hall–Kier alpha value is -3.81. The van der Waals surface area contributed by atoms with Gasteiger partial charge < -0.3 is 0 Å². The van der Waals surface area contributed by atoms with Gasteiger partial charge in [-0.1, -0.05) is 115 Å². The highest BCUT2D eigenvalue weighted by atomic mass is 31.2. The molecule has 154 valence electrons. The lowest BCUT2D eigenvalue weighted by atomic mass is 10.1. The minimum absolute atomic E-state index is 0.492. The molecule has 3 nitrogen and oxygen atoms in total. The molecule has 1 aliphatic carbocycles. The van der Waals surface area contributed by atoms with Gasteiger partial charge in [-0.05, 0) is 6.07 Å². The third-order valence-corrected chi connectivity index (χ3v) is 9.15. The van der Waals surface area contributed by atoms with E-state index >= 15 is 0 Å². The molecule has 0 bridgehead atoms. The molecule has 5 rings (SSSR count). The van der Waals surface area contributed by atoms with E-state index in [2.05, 4.69) is 36.4 Å². The highest BCUT2D eigenvalue weighted by Crippen LogP contribution is 2.50. The first kappa shape index (κ1) is 20.1. The number of hydrogen-bond donors (Lipinski definition) is 0. The molecule has 1 aliphatic heterocycles. The van der Waals surface area contributed by atoms with E-state index in [4.69, 9.17) is 9.73 Å². The van der Waals surface area contributed by atoms with Gasteiger partial charge in [0.25, 0.3) is 0 Å². The van der Waals surface area contributed by atoms with Gasteiger partial charge in [-0.3, -0.25) is 4.79 Å². The van der Waals surface area contributed by atoms with Crippen molar-refractivity contribution < 1.29 is 4.79 Å². The third-order valence-electron chi connectivity index (χ3n) is 5.52. The standard InChI is InChI=1S/C28H21N2OP/c31-21-26-25-19-11-4-12-20-27(25)29-28(26)30-32(22-13-5-1-6-14-22,23-15-7-2-8-16-23)24-17-9-3-10-18-24/h1-21H. The van der Waals surface area contributed by atoms with Crippen LogP contribution in [0, 0.1) is 0 Å². The summed E-state index contributed by atoms with van der Waals surface area (Å²) in [5.41, 5.74) is 2.11. The monoisotopic (exact) mass is 432 g/mol. The number of benzene rings is 3. The minimum atomic E-state index is -2.49. The topological polar surface area (TPSA) is 42.3 Å². The molecule has 0 unspecified atom stereocenters. The van der Waals surface area contributed by atoms with Gasteiger partial charge in [0.15, 0.2) is 12.1 Å². The average Bonchev–Trinajstić information content (AvgIpc) is 3.02. The zero-order valence-corrected chi connectivity index (χ0v) is 18.3. The third kappa shape index (κ3) is 3.47. The van der Waals surface area contributed by atoms with Gasteiger partial charge in [0.1, 0.15) is 0 Å². The first-order valence-corrected chi connectivity index (χ1v) is 12.2. The number of carbonyl (C=O) groups is 1. The van der Waals surface area contributed by atoms with Crippen LogP contribution in [0.4, 0.5) is 5.82 Å². The Labute approximate surface area is 187 Å². The van der Waals surface area contributed by atoms with Gasteiger partial charge in [0, 0.05) is 21.5 Å². The van der Waals surface area contributed by atoms with Crippen molar-refractivity contribution in [3.63, 3.8) is 0 Å². The lowest BCUT2D eigenvalue weighted by molar-refractivity contribution is 0.112. The molecule has 0 radical (unpaired) electrons. The molecule has 0 N–H and O–H groups in total. The lowest BCUT2D eigenvalue weighted by Crippen LogP contribution is -2.25. The maximum absolute atomic E-state index is 12.2. The maximum Gasteiger partial charge on any atom is 0.163 e. The van der Waals surface area contributed by atoms with Crippen molar-refractivity contribution in [2.45, 2.75) is 0 Å². The van der Waals surface area contributed by atoms with E-state index in [1.54, 1.807) is 0 Å². The second-order valence-electron chi connectivity index (χ2n) is 7.42. The summed E-state index contributed by atoms with van der Waals surface area (Å²) < 4.78 is 5.40. The van der Waals surface area contributed by atoms with Crippen LogP contribution in [0.1, 0.15) is 10.4 Å². The van der Waals surface area contributed by atoms with Crippen molar-refractivity contribution in [3.8, 4) is 11.3 Å². The van der Waals surface area contributed by atoms with Gasteiger partial charge in [0.2, 0.25) is 0 Å². The molecule has 0 atom stereocenters. The van der Waals surface area contributed by atoms with Crippen molar-refractivity contribution in [1.29, 1.82) is 0 Å². The molecule has 3 aromatic rings. The van der Waals surface area contributed by atoms with Crippen molar-refractivity contribution in [2.24, 2.45) is 4.74 Å². The fourth-order valence-electron chi connectivity index (χ4n) is 4.04. The van der Waals surface area contributed by atoms with Crippen LogP contribution < -0.4 is 15.9 Å². The Bertz CT molecular complexity index is 1280. The Kier molecular flexibility index (Phi) is 5.49. The largest absolute Gasteiger partial charge is 0.298 e. The first-order valence-electron chi connectivity index (χ1n) is 10.5. The molecule has 0 fully saturated rings. The molecule has 0 spiro atoms. The van der Waals surface area contributed by atoms with Crippen LogP contribution in [0.25, 0.3) is 11.3 Å². The number of aromatic nitrogens is 1. The Morgan fingerprint density at radius 3 is 1.50 bits per heavy atom. The van der Waals surface area contributed by atoms with Crippen LogP contribution >= 0.6 is 7.05 Å². The van der Waals surface area contributed by atoms with Crippen molar-refractivity contribution in [1.82, 2.24) is 4.98 Å². The molecule has 3 aromatic carbocycles. The first-order chi connectivity index (χ1) is 15.8. The van der Waals surface area contributed by atoms with Gasteiger partial charge in [0.05, 0.1) is 18.3 Å². The number of rotatable bonds is 5. The van der Waals surface area contributed by atoms with Crippen LogP contribution in [-0.4, -0.2) is 11.3 Å². The van der Waals surface area contributed by atoms with Gasteiger partial charge in [-0.25, -0.2) is 9.73 Å². The van der Waals surface area contributed by atoms with Crippen LogP contribution in [0.5, 0.6) is 0 Å². The Morgan fingerprint density at radius 1 is 0.594 bits per heavy atom. The van der Waals surface area contributed by atoms with Gasteiger partial charge >= 0.3 is 0 Å². The van der Waals surface area contributed by atoms with Crippen LogP contribution in [0.3, 0.4) is 0 Å². The van der Waals surface area contributed by atoms with E-state index in [9.17, 15) is 4.79 Å². The van der Waals surface area contributed by atoms with E-state index in [-0.39, 0.29) is 0 Å². The number of nitrogens with zero attached hydrogens (tertiary/aromatic N) is 2. The van der Waals surface area contributed by atoms with Crippen molar-refractivity contribution >= 4 is 35.1 Å². The highest BCUT2D eigenvalue weighted by molar-refractivity contribution is 7.87. The number of carbonyl (C=O) groups excluding carboxylic acids is 1. The Balaban J connectivity index is 1.95. The minimum Gasteiger partial charge on any atom is -0.298 e. The molecule has 4 heteroatoms. The van der Waals surface area contributed by atoms with Crippen LogP contribution in [0.2, 0.25) is 0 Å². The zero-order chi connectivity index (χ0) is 21.8. The van der Waals surface area contributed by atoms with E-state index in [1.807, 2.05) is 84.9 Å². The second kappa shape index (κ2) is 8.74. The predicted octanol–water partition coefficient (Wildman–Crippen LogP) is 5.81. The molecule has 0 saturated heterocycles. The smallest absolute Gasteiger partial charge is 0.163 e. The summed E-state index contributed by atoms with van der Waals surface area (Å²) >= 11 is 0. The summed E-state index contributed by atoms with van der Waals surface area (Å²) in [6.07, 6.45) is 0.879. The molecule has 0 amide bonds. The van der Waals surface area contributed by atoms with Crippen LogP contribution in [0.15, 0.2) is 126 Å². The van der Waals surface area contributed by atoms with E-state index in [0.29, 0.717) is 11.4 Å². The second-order valence-corrected chi connectivity index (χ2v) is 10.4. The lowest BCUT2D eigenvalue weighted by Gasteiger charge is -2.26. The molecule has 32 heavy (non-hydrogen) atoms. The molecule has 1 heterocycles. The summed E-state index contributed by atoms with van der Waals surface area (Å²) in [5, 5.41) is 3.35.